The second-order valence-electron chi connectivity index (χ2n) is 4.96. The lowest BCUT2D eigenvalue weighted by atomic mass is 10.1. The van der Waals surface area contributed by atoms with Crippen LogP contribution < -0.4 is 5.32 Å². The molecule has 0 radical (unpaired) electrons. The molecule has 4 heteroatoms. The molecule has 2 aliphatic rings. The number of fused-ring (bicyclic) bond motifs is 1. The number of thiophene rings is 1. The molecule has 2 heterocycles. The number of rotatable bonds is 4. The summed E-state index contributed by atoms with van der Waals surface area (Å²) in [5, 5.41) is 5.22. The van der Waals surface area contributed by atoms with Crippen LogP contribution in [0.25, 0.3) is 0 Å². The maximum absolute atomic E-state index is 11.5. The highest BCUT2D eigenvalue weighted by molar-refractivity contribution is 7.10. The van der Waals surface area contributed by atoms with E-state index in [2.05, 4.69) is 21.7 Å². The van der Waals surface area contributed by atoms with E-state index < -0.39 is 0 Å². The highest BCUT2D eigenvalue weighted by Crippen LogP contribution is 2.28. The van der Waals surface area contributed by atoms with E-state index in [1.807, 2.05) is 11.3 Å². The van der Waals surface area contributed by atoms with Gasteiger partial charge in [0.1, 0.15) is 0 Å². The highest BCUT2D eigenvalue weighted by Gasteiger charge is 2.29. The number of hydrogen-bond donors (Lipinski definition) is 1. The number of amides is 1. The summed E-state index contributed by atoms with van der Waals surface area (Å²) in [6.45, 7) is 3.97. The second-order valence-corrected chi connectivity index (χ2v) is 5.96. The molecule has 3 nitrogen and oxygen atoms in total. The summed E-state index contributed by atoms with van der Waals surface area (Å²) in [7, 11) is 0. The Morgan fingerprint density at radius 2 is 2.41 bits per heavy atom. The van der Waals surface area contributed by atoms with Crippen molar-refractivity contribution in [2.24, 2.45) is 5.92 Å². The Morgan fingerprint density at radius 3 is 3.24 bits per heavy atom. The lowest BCUT2D eigenvalue weighted by Crippen LogP contribution is -2.37. The van der Waals surface area contributed by atoms with Gasteiger partial charge in [0.25, 0.3) is 0 Å². The zero-order chi connectivity index (χ0) is 11.7. The topological polar surface area (TPSA) is 32.3 Å². The Kier molecular flexibility index (Phi) is 3.16. The summed E-state index contributed by atoms with van der Waals surface area (Å²) < 4.78 is 0. The van der Waals surface area contributed by atoms with Crippen LogP contribution in [0.1, 0.15) is 23.3 Å². The summed E-state index contributed by atoms with van der Waals surface area (Å²) in [5.74, 6) is 0.595. The van der Waals surface area contributed by atoms with Crippen molar-refractivity contribution >= 4 is 17.2 Å². The number of nitrogens with one attached hydrogen (secondary N) is 1. The molecule has 0 aromatic carbocycles. The monoisotopic (exact) mass is 250 g/mol. The van der Waals surface area contributed by atoms with Gasteiger partial charge < -0.3 is 5.32 Å². The van der Waals surface area contributed by atoms with Gasteiger partial charge in [-0.1, -0.05) is 0 Å². The molecule has 1 aliphatic carbocycles. The van der Waals surface area contributed by atoms with Gasteiger partial charge in [0, 0.05) is 37.0 Å². The molecule has 1 fully saturated rings. The summed E-state index contributed by atoms with van der Waals surface area (Å²) >= 11 is 1.87. The van der Waals surface area contributed by atoms with E-state index in [0.29, 0.717) is 5.92 Å². The number of nitrogens with zero attached hydrogens (tertiary/aromatic N) is 1. The number of carbonyl (C=O) groups excluding carboxylic acids is 1. The van der Waals surface area contributed by atoms with E-state index in [-0.39, 0.29) is 5.91 Å². The van der Waals surface area contributed by atoms with Gasteiger partial charge in [-0.05, 0) is 36.3 Å². The van der Waals surface area contributed by atoms with Gasteiger partial charge in [-0.2, -0.15) is 0 Å². The van der Waals surface area contributed by atoms with E-state index >= 15 is 0 Å². The maximum atomic E-state index is 11.5. The Bertz CT molecular complexity index is 411. The van der Waals surface area contributed by atoms with Crippen LogP contribution in [0.3, 0.4) is 0 Å². The van der Waals surface area contributed by atoms with E-state index in [9.17, 15) is 4.79 Å². The highest BCUT2D eigenvalue weighted by atomic mass is 32.1. The molecule has 1 aromatic rings. The molecule has 17 heavy (non-hydrogen) atoms. The minimum absolute atomic E-state index is 0.262. The van der Waals surface area contributed by atoms with Gasteiger partial charge in [0.15, 0.2) is 0 Å². The molecule has 0 spiro atoms. The Balaban J connectivity index is 1.43. The fraction of sp³-hybridized carbons (Fsp3) is 0.615. The van der Waals surface area contributed by atoms with Crippen LogP contribution in [0.2, 0.25) is 0 Å². The third-order valence-electron chi connectivity index (χ3n) is 3.56. The maximum Gasteiger partial charge on any atom is 0.223 e. The Morgan fingerprint density at radius 1 is 1.53 bits per heavy atom. The molecule has 1 aliphatic heterocycles. The zero-order valence-electron chi connectivity index (χ0n) is 9.95. The predicted molar refractivity (Wildman–Crippen MR) is 69.0 cm³/mol. The lowest BCUT2D eigenvalue weighted by molar-refractivity contribution is -0.122. The first-order valence-electron chi connectivity index (χ1n) is 6.38. The molecule has 0 atom stereocenters. The van der Waals surface area contributed by atoms with Gasteiger partial charge in [0.2, 0.25) is 5.91 Å². The average molecular weight is 250 g/mol. The quantitative estimate of drug-likeness (QED) is 0.881. The Labute approximate surface area is 106 Å². The summed E-state index contributed by atoms with van der Waals surface area (Å²) in [6, 6.07) is 2.23. The molecule has 3 rings (SSSR count). The predicted octanol–water partition coefficient (Wildman–Crippen LogP) is 1.63. The number of hydrogen-bond acceptors (Lipinski definition) is 3. The third kappa shape index (κ3) is 2.69. The van der Waals surface area contributed by atoms with E-state index in [0.717, 1.165) is 39.0 Å². The minimum Gasteiger partial charge on any atom is -0.355 e. The summed E-state index contributed by atoms with van der Waals surface area (Å²) in [6.07, 6.45) is 3.35. The van der Waals surface area contributed by atoms with E-state index in [1.165, 1.54) is 12.0 Å². The van der Waals surface area contributed by atoms with Crippen LogP contribution in [-0.2, 0) is 17.8 Å². The molecular weight excluding hydrogens is 232 g/mol. The molecule has 0 saturated heterocycles. The van der Waals surface area contributed by atoms with Crippen molar-refractivity contribution < 1.29 is 4.79 Å². The fourth-order valence-electron chi connectivity index (χ4n) is 2.32. The van der Waals surface area contributed by atoms with Crippen molar-refractivity contribution in [3.8, 4) is 0 Å². The van der Waals surface area contributed by atoms with E-state index in [1.54, 1.807) is 4.88 Å². The van der Waals surface area contributed by atoms with Crippen molar-refractivity contribution in [3.05, 3.63) is 21.9 Å². The molecule has 1 saturated carbocycles. The van der Waals surface area contributed by atoms with Gasteiger partial charge in [-0.25, -0.2) is 0 Å². The summed E-state index contributed by atoms with van der Waals surface area (Å²) in [4.78, 5) is 15.5. The minimum atomic E-state index is 0.262. The van der Waals surface area contributed by atoms with Gasteiger partial charge in [0.05, 0.1) is 0 Å². The molecule has 0 bridgehead atoms. The van der Waals surface area contributed by atoms with Crippen molar-refractivity contribution in [2.45, 2.75) is 25.8 Å². The molecule has 1 amide bonds. The van der Waals surface area contributed by atoms with E-state index in [4.69, 9.17) is 0 Å². The van der Waals surface area contributed by atoms with Crippen molar-refractivity contribution in [2.75, 3.05) is 19.6 Å². The first kappa shape index (κ1) is 11.2. The smallest absolute Gasteiger partial charge is 0.223 e. The lowest BCUT2D eigenvalue weighted by Gasteiger charge is -2.26. The van der Waals surface area contributed by atoms with Crippen molar-refractivity contribution in [1.29, 1.82) is 0 Å². The Hall–Kier alpha value is -0.870. The van der Waals surface area contributed by atoms with Crippen molar-refractivity contribution in [1.82, 2.24) is 10.2 Å². The average Bonchev–Trinajstić information content (AvgIpc) is 3.08. The standard InChI is InChI=1S/C13H18N2OS/c16-13(10-1-2-10)14-5-7-15-6-3-12-11(9-15)4-8-17-12/h4,8,10H,1-3,5-7,9H2,(H,14,16). The van der Waals surface area contributed by atoms with Gasteiger partial charge in [-0.3, -0.25) is 9.69 Å². The molecule has 1 aromatic heterocycles. The second kappa shape index (κ2) is 4.78. The molecule has 0 unspecified atom stereocenters. The van der Waals surface area contributed by atoms with Crippen LogP contribution in [0.15, 0.2) is 11.4 Å². The SMILES string of the molecule is O=C(NCCN1CCc2sccc2C1)C1CC1. The first-order chi connectivity index (χ1) is 8.33. The summed E-state index contributed by atoms with van der Waals surface area (Å²) in [5.41, 5.74) is 1.48. The fourth-order valence-corrected chi connectivity index (χ4v) is 3.21. The van der Waals surface area contributed by atoms with Crippen LogP contribution >= 0.6 is 11.3 Å². The largest absolute Gasteiger partial charge is 0.355 e. The van der Waals surface area contributed by atoms with Crippen LogP contribution in [-0.4, -0.2) is 30.4 Å². The molecule has 1 N–H and O–H groups in total. The van der Waals surface area contributed by atoms with Gasteiger partial charge >= 0.3 is 0 Å². The first-order valence-corrected chi connectivity index (χ1v) is 7.26. The van der Waals surface area contributed by atoms with Crippen LogP contribution in [0.5, 0.6) is 0 Å². The van der Waals surface area contributed by atoms with Gasteiger partial charge in [-0.15, -0.1) is 11.3 Å². The van der Waals surface area contributed by atoms with Crippen LogP contribution in [0.4, 0.5) is 0 Å². The molecule has 92 valence electrons. The van der Waals surface area contributed by atoms with Crippen molar-refractivity contribution in [3.63, 3.8) is 0 Å². The third-order valence-corrected chi connectivity index (χ3v) is 4.59. The normalized spacial score (nSPS) is 20.0. The number of carbonyl (C=O) groups is 1. The zero-order valence-corrected chi connectivity index (χ0v) is 10.8. The van der Waals surface area contributed by atoms with Crippen LogP contribution in [0, 0.1) is 5.92 Å². The molecular formula is C13H18N2OS.